The van der Waals surface area contributed by atoms with Crippen LogP contribution in [0.25, 0.3) is 0 Å². The largest absolute Gasteiger partial charge is 0.453 e. The molecule has 0 aromatic carbocycles. The van der Waals surface area contributed by atoms with Crippen LogP contribution in [-0.4, -0.2) is 68.0 Å². The van der Waals surface area contributed by atoms with E-state index in [0.29, 0.717) is 25.8 Å². The van der Waals surface area contributed by atoms with Gasteiger partial charge in [0, 0.05) is 44.3 Å². The lowest BCUT2D eigenvalue weighted by Crippen LogP contribution is -2.44. The maximum Gasteiger partial charge on any atom is 0.406 e. The molecule has 184 valence electrons. The second-order valence-electron chi connectivity index (χ2n) is 9.01. The zero-order chi connectivity index (χ0) is 23.6. The first kappa shape index (κ1) is 25.4. The first-order chi connectivity index (χ1) is 16.0. The Labute approximate surface area is 197 Å². The van der Waals surface area contributed by atoms with Crippen molar-refractivity contribution in [3.8, 4) is 0 Å². The van der Waals surface area contributed by atoms with Gasteiger partial charge in [0.15, 0.2) is 0 Å². The quantitative estimate of drug-likeness (QED) is 0.479. The molecule has 2 amide bonds. The number of carbonyl (C=O) groups excluding carboxylic acids is 2. The maximum absolute atomic E-state index is 13.4. The molecule has 1 saturated carbocycles. The highest BCUT2D eigenvalue weighted by Crippen LogP contribution is 2.36. The van der Waals surface area contributed by atoms with Gasteiger partial charge in [-0.2, -0.15) is 0 Å². The Bertz CT molecular complexity index is 777. The van der Waals surface area contributed by atoms with Gasteiger partial charge in [-0.3, -0.25) is 9.78 Å². The van der Waals surface area contributed by atoms with Crippen molar-refractivity contribution in [2.75, 3.05) is 34.0 Å². The van der Waals surface area contributed by atoms with Gasteiger partial charge in [0.1, 0.15) is 6.10 Å². The average Bonchev–Trinajstić information content (AvgIpc) is 3.67. The van der Waals surface area contributed by atoms with Crippen molar-refractivity contribution in [1.82, 2.24) is 15.2 Å². The van der Waals surface area contributed by atoms with Crippen LogP contribution in [0.4, 0.5) is 4.79 Å². The van der Waals surface area contributed by atoms with E-state index in [0.717, 1.165) is 74.7 Å². The molecular weight excluding hydrogens is 422 g/mol. The Kier molecular flexibility index (Phi) is 9.94. The van der Waals surface area contributed by atoms with E-state index in [1.165, 1.54) is 7.11 Å². The summed E-state index contributed by atoms with van der Waals surface area (Å²) in [6.07, 6.45) is 7.49. The van der Waals surface area contributed by atoms with Crippen molar-refractivity contribution in [2.45, 2.75) is 82.9 Å². The zero-order valence-corrected chi connectivity index (χ0v) is 20.3. The number of alkyl carbamates (subject to hydrolysis) is 1. The van der Waals surface area contributed by atoms with Crippen LogP contribution in [0.5, 0.6) is 0 Å². The smallest absolute Gasteiger partial charge is 0.406 e. The molecule has 33 heavy (non-hydrogen) atoms. The number of aryl methyl sites for hydroxylation is 2. The van der Waals surface area contributed by atoms with Crippen molar-refractivity contribution < 1.29 is 23.8 Å². The molecule has 1 aliphatic heterocycles. The van der Waals surface area contributed by atoms with Crippen LogP contribution in [0.15, 0.2) is 12.1 Å². The minimum Gasteiger partial charge on any atom is -0.453 e. The van der Waals surface area contributed by atoms with Crippen LogP contribution in [-0.2, 0) is 31.8 Å². The number of methoxy groups -OCH3 is 2. The number of nitrogens with one attached hydrogen (secondary N) is 1. The van der Waals surface area contributed by atoms with Crippen LogP contribution >= 0.6 is 0 Å². The summed E-state index contributed by atoms with van der Waals surface area (Å²) in [4.78, 5) is 31.6. The molecule has 0 spiro atoms. The zero-order valence-electron chi connectivity index (χ0n) is 20.3. The van der Waals surface area contributed by atoms with E-state index in [9.17, 15) is 9.59 Å². The Hall–Kier alpha value is -2.19. The van der Waals surface area contributed by atoms with E-state index in [1.807, 2.05) is 0 Å². The highest BCUT2D eigenvalue weighted by atomic mass is 16.5. The normalized spacial score (nSPS) is 19.1. The molecule has 8 nitrogen and oxygen atoms in total. The summed E-state index contributed by atoms with van der Waals surface area (Å²) >= 11 is 0. The second-order valence-corrected chi connectivity index (χ2v) is 9.01. The number of amides is 2. The van der Waals surface area contributed by atoms with Gasteiger partial charge in [0.25, 0.3) is 5.91 Å². The summed E-state index contributed by atoms with van der Waals surface area (Å²) in [6.45, 7) is 4.01. The summed E-state index contributed by atoms with van der Waals surface area (Å²) in [7, 11) is 3.07. The minimum absolute atomic E-state index is 0.0355. The predicted octanol–water partition coefficient (Wildman–Crippen LogP) is 3.57. The lowest BCUT2D eigenvalue weighted by Gasteiger charge is -2.34. The fourth-order valence-electron chi connectivity index (χ4n) is 4.40. The molecular formula is C25H39N3O5. The molecule has 0 unspecified atom stereocenters. The van der Waals surface area contributed by atoms with Gasteiger partial charge in [-0.15, -0.1) is 0 Å². The van der Waals surface area contributed by atoms with Crippen molar-refractivity contribution in [3.63, 3.8) is 0 Å². The number of aromatic nitrogens is 1. The predicted molar refractivity (Wildman–Crippen MR) is 125 cm³/mol. The Morgan fingerprint density at radius 1 is 1.15 bits per heavy atom. The number of pyridine rings is 1. The van der Waals surface area contributed by atoms with E-state index in [2.05, 4.69) is 34.0 Å². The highest BCUT2D eigenvalue weighted by molar-refractivity contribution is 5.82. The van der Waals surface area contributed by atoms with Gasteiger partial charge in [0.2, 0.25) is 0 Å². The van der Waals surface area contributed by atoms with E-state index in [1.54, 1.807) is 7.11 Å². The number of hydrogen-bond acceptors (Lipinski definition) is 6. The molecule has 1 N–H and O–H groups in total. The van der Waals surface area contributed by atoms with Crippen molar-refractivity contribution in [3.05, 3.63) is 29.1 Å². The molecule has 8 heteroatoms. The van der Waals surface area contributed by atoms with Gasteiger partial charge in [-0.1, -0.05) is 0 Å². The van der Waals surface area contributed by atoms with Gasteiger partial charge in [0.05, 0.1) is 13.2 Å². The summed E-state index contributed by atoms with van der Waals surface area (Å²) in [6, 6.07) is 4.52. The molecule has 1 aliphatic carbocycles. The third kappa shape index (κ3) is 7.67. The molecule has 1 aromatic heterocycles. The first-order valence-corrected chi connectivity index (χ1v) is 12.3. The fraction of sp³-hybridized carbons (Fsp3) is 0.720. The standard InChI is InChI=1S/C25H39N3O5/c1-18(28(22-11-12-22)24(29)23-10-4-5-15-33-23)19-16-20(8-6-13-26-25(30)32-3)27-21(17-19)9-7-14-31-2/h16-18,22-23H,4-15H2,1-3H3,(H,26,30)/t18-,23+/m0/s1. The molecule has 0 bridgehead atoms. The lowest BCUT2D eigenvalue weighted by molar-refractivity contribution is -0.149. The summed E-state index contributed by atoms with van der Waals surface area (Å²) < 4.78 is 15.7. The fourth-order valence-corrected chi connectivity index (χ4v) is 4.40. The van der Waals surface area contributed by atoms with Gasteiger partial charge < -0.3 is 24.4 Å². The molecule has 2 heterocycles. The minimum atomic E-state index is -0.422. The van der Waals surface area contributed by atoms with Crippen LogP contribution in [0.3, 0.4) is 0 Å². The average molecular weight is 462 g/mol. The Morgan fingerprint density at radius 3 is 2.48 bits per heavy atom. The van der Waals surface area contributed by atoms with Crippen LogP contribution in [0, 0.1) is 0 Å². The molecule has 3 rings (SSSR count). The van der Waals surface area contributed by atoms with Crippen molar-refractivity contribution >= 4 is 12.0 Å². The number of carbonyl (C=O) groups is 2. The van der Waals surface area contributed by atoms with Gasteiger partial charge >= 0.3 is 6.09 Å². The number of nitrogens with zero attached hydrogens (tertiary/aromatic N) is 2. The monoisotopic (exact) mass is 461 g/mol. The molecule has 2 aliphatic rings. The third-order valence-corrected chi connectivity index (χ3v) is 6.35. The highest BCUT2D eigenvalue weighted by Gasteiger charge is 2.40. The summed E-state index contributed by atoms with van der Waals surface area (Å²) in [5.74, 6) is 0.131. The number of rotatable bonds is 12. The SMILES string of the molecule is COCCCc1cc([C@H](C)N(C(=O)[C@H]2CCCCO2)C2CC2)cc(CCCNC(=O)OC)n1. The van der Waals surface area contributed by atoms with E-state index in [4.69, 9.17) is 14.5 Å². The summed E-state index contributed by atoms with van der Waals surface area (Å²) in [5.41, 5.74) is 3.12. The maximum atomic E-state index is 13.4. The van der Waals surface area contributed by atoms with Gasteiger partial charge in [-0.25, -0.2) is 4.79 Å². The van der Waals surface area contributed by atoms with E-state index >= 15 is 0 Å². The summed E-state index contributed by atoms with van der Waals surface area (Å²) in [5, 5.41) is 2.72. The van der Waals surface area contributed by atoms with E-state index in [-0.39, 0.29) is 18.1 Å². The van der Waals surface area contributed by atoms with E-state index < -0.39 is 6.09 Å². The number of ether oxygens (including phenoxy) is 3. The van der Waals surface area contributed by atoms with Crippen LogP contribution in [0.2, 0.25) is 0 Å². The lowest BCUT2D eigenvalue weighted by atomic mass is 10.0. The van der Waals surface area contributed by atoms with Gasteiger partial charge in [-0.05, 0) is 82.4 Å². The molecule has 1 saturated heterocycles. The molecule has 2 fully saturated rings. The Balaban J connectivity index is 1.75. The molecule has 0 radical (unpaired) electrons. The Morgan fingerprint density at radius 2 is 1.88 bits per heavy atom. The third-order valence-electron chi connectivity index (χ3n) is 6.35. The van der Waals surface area contributed by atoms with Crippen LogP contribution < -0.4 is 5.32 Å². The molecule has 2 atom stereocenters. The van der Waals surface area contributed by atoms with Crippen molar-refractivity contribution in [1.29, 1.82) is 0 Å². The molecule has 1 aromatic rings. The second kappa shape index (κ2) is 12.9. The first-order valence-electron chi connectivity index (χ1n) is 12.3. The number of hydrogen-bond donors (Lipinski definition) is 1. The van der Waals surface area contributed by atoms with Crippen molar-refractivity contribution in [2.24, 2.45) is 0 Å². The van der Waals surface area contributed by atoms with Crippen LogP contribution in [0.1, 0.15) is 74.9 Å². The topological polar surface area (TPSA) is 90.0 Å².